The second-order valence-corrected chi connectivity index (χ2v) is 4.07. The van der Waals surface area contributed by atoms with E-state index < -0.39 is 0 Å². The molecule has 0 aliphatic carbocycles. The SMILES string of the molecule is Cc1nn(C)c(C)c1CNc1cccc(N)n1. The summed E-state index contributed by atoms with van der Waals surface area (Å²) < 4.78 is 1.89. The van der Waals surface area contributed by atoms with E-state index >= 15 is 0 Å². The summed E-state index contributed by atoms with van der Waals surface area (Å²) in [6.07, 6.45) is 0. The number of rotatable bonds is 3. The molecular weight excluding hydrogens is 214 g/mol. The highest BCUT2D eigenvalue weighted by molar-refractivity contribution is 5.43. The van der Waals surface area contributed by atoms with Crippen molar-refractivity contribution >= 4 is 11.6 Å². The Labute approximate surface area is 101 Å². The van der Waals surface area contributed by atoms with Crippen molar-refractivity contribution in [3.8, 4) is 0 Å². The molecular formula is C12H17N5. The molecule has 2 aromatic rings. The van der Waals surface area contributed by atoms with Crippen LogP contribution in [0.15, 0.2) is 18.2 Å². The van der Waals surface area contributed by atoms with Gasteiger partial charge in [-0.3, -0.25) is 4.68 Å². The minimum Gasteiger partial charge on any atom is -0.384 e. The zero-order valence-electron chi connectivity index (χ0n) is 10.4. The number of aryl methyl sites for hydroxylation is 2. The summed E-state index contributed by atoms with van der Waals surface area (Å²) >= 11 is 0. The number of aromatic nitrogens is 3. The highest BCUT2D eigenvalue weighted by Crippen LogP contribution is 2.14. The van der Waals surface area contributed by atoms with Gasteiger partial charge in [-0.15, -0.1) is 0 Å². The number of pyridine rings is 1. The van der Waals surface area contributed by atoms with Gasteiger partial charge in [0.25, 0.3) is 0 Å². The molecule has 90 valence electrons. The van der Waals surface area contributed by atoms with Gasteiger partial charge in [0.15, 0.2) is 0 Å². The zero-order chi connectivity index (χ0) is 12.4. The number of nitrogens with one attached hydrogen (secondary N) is 1. The van der Waals surface area contributed by atoms with Crippen LogP contribution in [0.25, 0.3) is 0 Å². The van der Waals surface area contributed by atoms with Gasteiger partial charge in [0.05, 0.1) is 5.69 Å². The fraction of sp³-hybridized carbons (Fsp3) is 0.333. The monoisotopic (exact) mass is 231 g/mol. The summed E-state index contributed by atoms with van der Waals surface area (Å²) in [5, 5.41) is 7.62. The first-order valence-electron chi connectivity index (χ1n) is 5.53. The number of nitrogens with two attached hydrogens (primary N) is 1. The smallest absolute Gasteiger partial charge is 0.128 e. The van der Waals surface area contributed by atoms with E-state index in [4.69, 9.17) is 5.73 Å². The van der Waals surface area contributed by atoms with Crippen LogP contribution in [0.2, 0.25) is 0 Å². The average Bonchev–Trinajstić information content (AvgIpc) is 2.51. The van der Waals surface area contributed by atoms with E-state index in [2.05, 4.69) is 22.3 Å². The first-order valence-corrected chi connectivity index (χ1v) is 5.53. The number of anilines is 2. The molecule has 0 aliphatic rings. The Balaban J connectivity index is 2.12. The molecule has 3 N–H and O–H groups in total. The van der Waals surface area contributed by atoms with Crippen molar-refractivity contribution in [1.82, 2.24) is 14.8 Å². The van der Waals surface area contributed by atoms with E-state index in [1.165, 1.54) is 11.3 Å². The van der Waals surface area contributed by atoms with Gasteiger partial charge in [0, 0.05) is 24.8 Å². The summed E-state index contributed by atoms with van der Waals surface area (Å²) in [4.78, 5) is 4.19. The molecule has 0 saturated carbocycles. The lowest BCUT2D eigenvalue weighted by atomic mass is 10.2. The number of hydrogen-bond donors (Lipinski definition) is 2. The van der Waals surface area contributed by atoms with E-state index in [9.17, 15) is 0 Å². The fourth-order valence-electron chi connectivity index (χ4n) is 1.80. The van der Waals surface area contributed by atoms with Crippen molar-refractivity contribution in [2.24, 2.45) is 7.05 Å². The normalized spacial score (nSPS) is 10.5. The van der Waals surface area contributed by atoms with Crippen LogP contribution in [-0.4, -0.2) is 14.8 Å². The topological polar surface area (TPSA) is 68.8 Å². The first-order chi connectivity index (χ1) is 8.08. The Morgan fingerprint density at radius 1 is 1.35 bits per heavy atom. The Morgan fingerprint density at radius 3 is 2.71 bits per heavy atom. The molecule has 0 bridgehead atoms. The Hall–Kier alpha value is -2.04. The molecule has 0 aromatic carbocycles. The molecule has 0 radical (unpaired) electrons. The second-order valence-electron chi connectivity index (χ2n) is 4.07. The van der Waals surface area contributed by atoms with Gasteiger partial charge in [0.1, 0.15) is 11.6 Å². The molecule has 2 heterocycles. The van der Waals surface area contributed by atoms with Crippen LogP contribution in [0.4, 0.5) is 11.6 Å². The van der Waals surface area contributed by atoms with Crippen LogP contribution in [-0.2, 0) is 13.6 Å². The van der Waals surface area contributed by atoms with Crippen molar-refractivity contribution in [3.05, 3.63) is 35.2 Å². The summed E-state index contributed by atoms with van der Waals surface area (Å²) in [7, 11) is 1.95. The number of hydrogen-bond acceptors (Lipinski definition) is 4. The predicted molar refractivity (Wildman–Crippen MR) is 68.7 cm³/mol. The summed E-state index contributed by atoms with van der Waals surface area (Å²) in [5.74, 6) is 1.31. The van der Waals surface area contributed by atoms with Crippen molar-refractivity contribution < 1.29 is 0 Å². The van der Waals surface area contributed by atoms with Crippen LogP contribution in [0.3, 0.4) is 0 Å². The van der Waals surface area contributed by atoms with Gasteiger partial charge in [-0.05, 0) is 26.0 Å². The van der Waals surface area contributed by atoms with E-state index in [0.717, 1.165) is 11.5 Å². The van der Waals surface area contributed by atoms with E-state index in [0.29, 0.717) is 12.4 Å². The third-order valence-electron chi connectivity index (χ3n) is 2.88. The summed E-state index contributed by atoms with van der Waals surface area (Å²) in [5.41, 5.74) is 9.04. The van der Waals surface area contributed by atoms with Gasteiger partial charge in [-0.2, -0.15) is 5.10 Å². The molecule has 0 saturated heterocycles. The second kappa shape index (κ2) is 4.45. The van der Waals surface area contributed by atoms with Crippen LogP contribution in [0, 0.1) is 13.8 Å². The van der Waals surface area contributed by atoms with Crippen molar-refractivity contribution in [2.75, 3.05) is 11.1 Å². The molecule has 0 amide bonds. The molecule has 0 fully saturated rings. The first kappa shape index (κ1) is 11.4. The van der Waals surface area contributed by atoms with Gasteiger partial charge in [-0.1, -0.05) is 6.07 Å². The van der Waals surface area contributed by atoms with Crippen molar-refractivity contribution in [2.45, 2.75) is 20.4 Å². The van der Waals surface area contributed by atoms with Gasteiger partial charge < -0.3 is 11.1 Å². The van der Waals surface area contributed by atoms with Crippen LogP contribution in [0.5, 0.6) is 0 Å². The molecule has 2 rings (SSSR count). The standard InChI is InChI=1S/C12H17N5/c1-8-10(9(2)17(3)16-8)7-14-12-6-4-5-11(13)15-12/h4-6H,7H2,1-3H3,(H3,13,14,15). The highest BCUT2D eigenvalue weighted by atomic mass is 15.3. The summed E-state index contributed by atoms with van der Waals surface area (Å²) in [6.45, 7) is 4.78. The third kappa shape index (κ3) is 2.38. The van der Waals surface area contributed by atoms with Crippen LogP contribution < -0.4 is 11.1 Å². The van der Waals surface area contributed by atoms with Crippen molar-refractivity contribution in [1.29, 1.82) is 0 Å². The maximum absolute atomic E-state index is 5.62. The lowest BCUT2D eigenvalue weighted by molar-refractivity contribution is 0.730. The average molecular weight is 231 g/mol. The number of nitrogens with zero attached hydrogens (tertiary/aromatic N) is 3. The molecule has 5 heteroatoms. The van der Waals surface area contributed by atoms with Gasteiger partial charge in [-0.25, -0.2) is 4.98 Å². The molecule has 0 unspecified atom stereocenters. The fourth-order valence-corrected chi connectivity index (χ4v) is 1.80. The molecule has 2 aromatic heterocycles. The molecule has 0 spiro atoms. The van der Waals surface area contributed by atoms with E-state index in [-0.39, 0.29) is 0 Å². The summed E-state index contributed by atoms with van der Waals surface area (Å²) in [6, 6.07) is 5.55. The zero-order valence-corrected chi connectivity index (χ0v) is 10.4. The Morgan fingerprint density at radius 2 is 2.12 bits per heavy atom. The highest BCUT2D eigenvalue weighted by Gasteiger charge is 2.08. The largest absolute Gasteiger partial charge is 0.384 e. The maximum Gasteiger partial charge on any atom is 0.128 e. The maximum atomic E-state index is 5.62. The lowest BCUT2D eigenvalue weighted by Gasteiger charge is -2.06. The van der Waals surface area contributed by atoms with Gasteiger partial charge in [0.2, 0.25) is 0 Å². The molecule has 0 aliphatic heterocycles. The Kier molecular flexibility index (Phi) is 2.99. The minimum absolute atomic E-state index is 0.523. The molecule has 0 atom stereocenters. The van der Waals surface area contributed by atoms with E-state index in [1.807, 2.05) is 30.8 Å². The predicted octanol–water partition coefficient (Wildman–Crippen LogP) is 1.63. The quantitative estimate of drug-likeness (QED) is 0.842. The third-order valence-corrected chi connectivity index (χ3v) is 2.88. The minimum atomic E-state index is 0.523. The number of nitrogen functional groups attached to an aromatic ring is 1. The Bertz CT molecular complexity index is 530. The van der Waals surface area contributed by atoms with E-state index in [1.54, 1.807) is 6.07 Å². The van der Waals surface area contributed by atoms with Gasteiger partial charge >= 0.3 is 0 Å². The van der Waals surface area contributed by atoms with Crippen LogP contribution >= 0.6 is 0 Å². The van der Waals surface area contributed by atoms with Crippen molar-refractivity contribution in [3.63, 3.8) is 0 Å². The lowest BCUT2D eigenvalue weighted by Crippen LogP contribution is -2.04. The molecule has 17 heavy (non-hydrogen) atoms. The van der Waals surface area contributed by atoms with Crippen LogP contribution in [0.1, 0.15) is 17.0 Å². The molecule has 5 nitrogen and oxygen atoms in total.